The van der Waals surface area contributed by atoms with Crippen LogP contribution in [0, 0.1) is 13.8 Å². The summed E-state index contributed by atoms with van der Waals surface area (Å²) in [5, 5.41) is 0. The Hall–Kier alpha value is -2.06. The van der Waals surface area contributed by atoms with Crippen LogP contribution in [0.1, 0.15) is 29.5 Å². The summed E-state index contributed by atoms with van der Waals surface area (Å²) < 4.78 is 54.6. The summed E-state index contributed by atoms with van der Waals surface area (Å²) in [5.74, 6) is 0.135. The SMILES string of the molecule is Cc1cc(N2CCCCS2(=O)=O)cc(C)c1S(=O)(=O)N1CCc2ccccc21. The summed E-state index contributed by atoms with van der Waals surface area (Å²) in [4.78, 5) is 0.266. The number of hydrogen-bond donors (Lipinski definition) is 0. The molecule has 0 amide bonds. The van der Waals surface area contributed by atoms with Gasteiger partial charge in [0.1, 0.15) is 0 Å². The second kappa shape index (κ2) is 6.77. The first-order valence-electron chi connectivity index (χ1n) is 9.44. The highest BCUT2D eigenvalue weighted by Crippen LogP contribution is 2.36. The van der Waals surface area contributed by atoms with Gasteiger partial charge in [-0.25, -0.2) is 16.8 Å². The lowest BCUT2D eigenvalue weighted by Crippen LogP contribution is -2.38. The van der Waals surface area contributed by atoms with Gasteiger partial charge in [0.2, 0.25) is 10.0 Å². The van der Waals surface area contributed by atoms with Crippen LogP contribution in [-0.4, -0.2) is 35.7 Å². The van der Waals surface area contributed by atoms with E-state index >= 15 is 0 Å². The normalized spacial score (nSPS) is 18.9. The fraction of sp³-hybridized carbons (Fsp3) is 0.400. The smallest absolute Gasteiger partial charge is 0.264 e. The molecule has 0 bridgehead atoms. The Kier molecular flexibility index (Phi) is 4.66. The topological polar surface area (TPSA) is 74.8 Å². The van der Waals surface area contributed by atoms with Gasteiger partial charge in [0, 0.05) is 13.1 Å². The summed E-state index contributed by atoms with van der Waals surface area (Å²) in [6.07, 6.45) is 2.16. The zero-order valence-electron chi connectivity index (χ0n) is 16.1. The lowest BCUT2D eigenvalue weighted by molar-refractivity contribution is 0.574. The third-order valence-electron chi connectivity index (χ3n) is 5.47. The van der Waals surface area contributed by atoms with E-state index in [9.17, 15) is 16.8 Å². The molecule has 2 aromatic rings. The van der Waals surface area contributed by atoms with Crippen molar-refractivity contribution >= 4 is 31.4 Å². The number of para-hydroxylation sites is 1. The van der Waals surface area contributed by atoms with Crippen molar-refractivity contribution in [3.8, 4) is 0 Å². The van der Waals surface area contributed by atoms with Crippen LogP contribution < -0.4 is 8.61 Å². The molecule has 8 heteroatoms. The highest BCUT2D eigenvalue weighted by atomic mass is 32.2. The second-order valence-corrected chi connectivity index (χ2v) is 11.3. The molecular weight excluding hydrogens is 396 g/mol. The van der Waals surface area contributed by atoms with E-state index < -0.39 is 20.0 Å². The van der Waals surface area contributed by atoms with Crippen LogP contribution in [-0.2, 0) is 26.5 Å². The molecule has 2 heterocycles. The molecular formula is C20H24N2O4S2. The van der Waals surface area contributed by atoms with Crippen LogP contribution in [0.3, 0.4) is 0 Å². The van der Waals surface area contributed by atoms with E-state index in [2.05, 4.69) is 0 Å². The predicted octanol–water partition coefficient (Wildman–Crippen LogP) is 2.98. The van der Waals surface area contributed by atoms with Gasteiger partial charge in [-0.1, -0.05) is 18.2 Å². The van der Waals surface area contributed by atoms with Crippen molar-refractivity contribution < 1.29 is 16.8 Å². The summed E-state index contributed by atoms with van der Waals surface area (Å²) >= 11 is 0. The molecule has 1 fully saturated rings. The number of fused-ring (bicyclic) bond motifs is 1. The largest absolute Gasteiger partial charge is 0.270 e. The first-order chi connectivity index (χ1) is 13.2. The molecule has 4 rings (SSSR count). The summed E-state index contributed by atoms with van der Waals surface area (Å²) in [7, 11) is -7.06. The molecule has 2 aromatic carbocycles. The number of anilines is 2. The number of rotatable bonds is 3. The lowest BCUT2D eigenvalue weighted by Gasteiger charge is -2.30. The molecule has 28 heavy (non-hydrogen) atoms. The minimum atomic E-state index is -3.72. The van der Waals surface area contributed by atoms with Crippen LogP contribution >= 0.6 is 0 Å². The average molecular weight is 421 g/mol. The lowest BCUT2D eigenvalue weighted by atomic mass is 10.1. The molecule has 2 aliphatic heterocycles. The van der Waals surface area contributed by atoms with Crippen LogP contribution in [0.25, 0.3) is 0 Å². The molecule has 1 saturated heterocycles. The Morgan fingerprint density at radius 3 is 2.32 bits per heavy atom. The molecule has 0 radical (unpaired) electrons. The number of sulfonamides is 2. The Labute approximate surface area is 166 Å². The summed E-state index contributed by atoms with van der Waals surface area (Å²) in [6.45, 7) is 4.33. The first kappa shape index (κ1) is 19.3. The van der Waals surface area contributed by atoms with Gasteiger partial charge in [-0.15, -0.1) is 0 Å². The predicted molar refractivity (Wildman–Crippen MR) is 111 cm³/mol. The molecule has 0 saturated carbocycles. The fourth-order valence-corrected chi connectivity index (χ4v) is 7.77. The van der Waals surface area contributed by atoms with Crippen molar-refractivity contribution in [3.05, 3.63) is 53.1 Å². The van der Waals surface area contributed by atoms with Gasteiger partial charge in [0.15, 0.2) is 0 Å². The van der Waals surface area contributed by atoms with E-state index in [0.717, 1.165) is 17.7 Å². The summed E-state index contributed by atoms with van der Waals surface area (Å²) in [5.41, 5.74) is 3.44. The van der Waals surface area contributed by atoms with Gasteiger partial charge >= 0.3 is 0 Å². The monoisotopic (exact) mass is 420 g/mol. The Morgan fingerprint density at radius 1 is 0.964 bits per heavy atom. The van der Waals surface area contributed by atoms with Crippen LogP contribution in [0.15, 0.2) is 41.3 Å². The fourth-order valence-electron chi connectivity index (χ4n) is 4.22. The van der Waals surface area contributed by atoms with Crippen molar-refractivity contribution in [2.75, 3.05) is 27.5 Å². The van der Waals surface area contributed by atoms with E-state index in [1.165, 1.54) is 8.61 Å². The molecule has 0 aromatic heterocycles. The van der Waals surface area contributed by atoms with Gasteiger partial charge in [0.05, 0.1) is 22.0 Å². The zero-order valence-corrected chi connectivity index (χ0v) is 17.7. The van der Waals surface area contributed by atoms with E-state index in [1.54, 1.807) is 26.0 Å². The maximum atomic E-state index is 13.4. The number of nitrogens with zero attached hydrogens (tertiary/aromatic N) is 2. The highest BCUT2D eigenvalue weighted by molar-refractivity contribution is 7.93. The van der Waals surface area contributed by atoms with Crippen LogP contribution in [0.2, 0.25) is 0 Å². The van der Waals surface area contributed by atoms with Gasteiger partial charge in [-0.2, -0.15) is 0 Å². The van der Waals surface area contributed by atoms with Gasteiger partial charge < -0.3 is 0 Å². The Morgan fingerprint density at radius 2 is 1.64 bits per heavy atom. The molecule has 6 nitrogen and oxygen atoms in total. The summed E-state index contributed by atoms with van der Waals surface area (Å²) in [6, 6.07) is 10.9. The zero-order chi connectivity index (χ0) is 20.1. The van der Waals surface area contributed by atoms with E-state index in [1.807, 2.05) is 24.3 Å². The standard InChI is InChI=1S/C20H24N2O4S2/c1-15-13-18(21-10-5-6-12-27(21,23)24)14-16(2)20(15)28(25,26)22-11-9-17-7-3-4-8-19(17)22/h3-4,7-8,13-14H,5-6,9-12H2,1-2H3. The molecule has 150 valence electrons. The van der Waals surface area contributed by atoms with Crippen molar-refractivity contribution in [1.82, 2.24) is 0 Å². The van der Waals surface area contributed by atoms with Crippen LogP contribution in [0.5, 0.6) is 0 Å². The van der Waals surface area contributed by atoms with Gasteiger partial charge in [0.25, 0.3) is 10.0 Å². The third kappa shape index (κ3) is 3.08. The third-order valence-corrected chi connectivity index (χ3v) is 9.46. The maximum Gasteiger partial charge on any atom is 0.264 e. The van der Waals surface area contributed by atoms with Crippen molar-refractivity contribution in [1.29, 1.82) is 0 Å². The minimum Gasteiger partial charge on any atom is -0.270 e. The minimum absolute atomic E-state index is 0.135. The Bertz CT molecular complexity index is 1120. The van der Waals surface area contributed by atoms with Crippen molar-refractivity contribution in [2.24, 2.45) is 0 Å². The van der Waals surface area contributed by atoms with E-state index in [-0.39, 0.29) is 10.6 Å². The second-order valence-electron chi connectivity index (χ2n) is 7.46. The van der Waals surface area contributed by atoms with Gasteiger partial charge in [-0.05, 0) is 68.0 Å². The highest BCUT2D eigenvalue weighted by Gasteiger charge is 2.34. The molecule has 0 spiro atoms. The van der Waals surface area contributed by atoms with E-state index in [0.29, 0.717) is 42.7 Å². The quantitative estimate of drug-likeness (QED) is 0.765. The number of aryl methyl sites for hydroxylation is 2. The molecule has 2 aliphatic rings. The maximum absolute atomic E-state index is 13.4. The van der Waals surface area contributed by atoms with E-state index in [4.69, 9.17) is 0 Å². The first-order valence-corrected chi connectivity index (χ1v) is 12.5. The average Bonchev–Trinajstić information content (AvgIpc) is 3.05. The molecule has 0 N–H and O–H groups in total. The number of benzene rings is 2. The van der Waals surface area contributed by atoms with Crippen molar-refractivity contribution in [2.45, 2.75) is 38.0 Å². The number of hydrogen-bond acceptors (Lipinski definition) is 4. The molecule has 0 unspecified atom stereocenters. The van der Waals surface area contributed by atoms with Gasteiger partial charge in [-0.3, -0.25) is 8.61 Å². The van der Waals surface area contributed by atoms with Crippen LogP contribution in [0.4, 0.5) is 11.4 Å². The molecule has 0 atom stereocenters. The van der Waals surface area contributed by atoms with Crippen molar-refractivity contribution in [3.63, 3.8) is 0 Å². The Balaban J connectivity index is 1.77. The molecule has 0 aliphatic carbocycles.